The van der Waals surface area contributed by atoms with Gasteiger partial charge in [0.15, 0.2) is 0 Å². The summed E-state index contributed by atoms with van der Waals surface area (Å²) in [7, 11) is 0. The monoisotopic (exact) mass is 257 g/mol. The molecule has 0 aromatic rings. The largest absolute Gasteiger partial charge is 0.377 e. The summed E-state index contributed by atoms with van der Waals surface area (Å²) in [6.07, 6.45) is 7.01. The zero-order valence-electron chi connectivity index (χ0n) is 11.5. The SMILES string of the molecule is CC(CNCC1CCCO1)OCC1CCCCO1. The molecule has 2 saturated heterocycles. The van der Waals surface area contributed by atoms with Crippen molar-refractivity contribution in [3.05, 3.63) is 0 Å². The van der Waals surface area contributed by atoms with E-state index in [9.17, 15) is 0 Å². The highest BCUT2D eigenvalue weighted by Crippen LogP contribution is 2.13. The van der Waals surface area contributed by atoms with Crippen LogP contribution < -0.4 is 5.32 Å². The maximum absolute atomic E-state index is 5.82. The van der Waals surface area contributed by atoms with E-state index >= 15 is 0 Å². The van der Waals surface area contributed by atoms with Gasteiger partial charge in [-0.15, -0.1) is 0 Å². The van der Waals surface area contributed by atoms with E-state index in [2.05, 4.69) is 12.2 Å². The van der Waals surface area contributed by atoms with Gasteiger partial charge >= 0.3 is 0 Å². The van der Waals surface area contributed by atoms with Gasteiger partial charge in [0.05, 0.1) is 24.9 Å². The van der Waals surface area contributed by atoms with Gasteiger partial charge in [-0.2, -0.15) is 0 Å². The van der Waals surface area contributed by atoms with Crippen LogP contribution in [0.5, 0.6) is 0 Å². The first kappa shape index (κ1) is 14.3. The number of hydrogen-bond donors (Lipinski definition) is 1. The molecule has 18 heavy (non-hydrogen) atoms. The molecule has 1 N–H and O–H groups in total. The van der Waals surface area contributed by atoms with E-state index in [1.807, 2.05) is 0 Å². The Labute approximate surface area is 110 Å². The summed E-state index contributed by atoms with van der Waals surface area (Å²) in [5.41, 5.74) is 0. The fraction of sp³-hybridized carbons (Fsp3) is 1.00. The van der Waals surface area contributed by atoms with E-state index in [1.54, 1.807) is 0 Å². The lowest BCUT2D eigenvalue weighted by atomic mass is 10.1. The van der Waals surface area contributed by atoms with Crippen molar-refractivity contribution in [3.63, 3.8) is 0 Å². The molecule has 2 aliphatic heterocycles. The maximum Gasteiger partial charge on any atom is 0.0808 e. The smallest absolute Gasteiger partial charge is 0.0808 e. The molecular formula is C14H27NO3. The lowest BCUT2D eigenvalue weighted by Crippen LogP contribution is -2.35. The highest BCUT2D eigenvalue weighted by Gasteiger charge is 2.17. The summed E-state index contributed by atoms with van der Waals surface area (Å²) in [5.74, 6) is 0. The summed E-state index contributed by atoms with van der Waals surface area (Å²) in [5, 5.41) is 3.42. The Kier molecular flexibility index (Phi) is 6.41. The minimum absolute atomic E-state index is 0.247. The minimum atomic E-state index is 0.247. The molecule has 4 nitrogen and oxygen atoms in total. The Balaban J connectivity index is 1.47. The van der Waals surface area contributed by atoms with E-state index in [1.165, 1.54) is 25.7 Å². The van der Waals surface area contributed by atoms with Crippen LogP contribution in [0.1, 0.15) is 39.0 Å². The minimum Gasteiger partial charge on any atom is -0.377 e. The molecule has 2 rings (SSSR count). The lowest BCUT2D eigenvalue weighted by Gasteiger charge is -2.24. The third kappa shape index (κ3) is 5.22. The van der Waals surface area contributed by atoms with Crippen LogP contribution in [0.4, 0.5) is 0 Å². The van der Waals surface area contributed by atoms with Crippen molar-refractivity contribution in [1.82, 2.24) is 5.32 Å². The second-order valence-electron chi connectivity index (χ2n) is 5.43. The normalized spacial score (nSPS) is 30.5. The van der Waals surface area contributed by atoms with Crippen molar-refractivity contribution >= 4 is 0 Å². The van der Waals surface area contributed by atoms with Crippen LogP contribution in [-0.4, -0.2) is 51.2 Å². The predicted octanol–water partition coefficient (Wildman–Crippen LogP) is 1.73. The first-order chi connectivity index (χ1) is 8.84. The van der Waals surface area contributed by atoms with Crippen LogP contribution in [-0.2, 0) is 14.2 Å². The van der Waals surface area contributed by atoms with Crippen LogP contribution in [0.2, 0.25) is 0 Å². The Hall–Kier alpha value is -0.160. The maximum atomic E-state index is 5.82. The van der Waals surface area contributed by atoms with E-state index in [0.29, 0.717) is 12.2 Å². The first-order valence-corrected chi connectivity index (χ1v) is 7.40. The summed E-state index contributed by atoms with van der Waals surface area (Å²) >= 11 is 0. The topological polar surface area (TPSA) is 39.7 Å². The van der Waals surface area contributed by atoms with E-state index < -0.39 is 0 Å². The highest BCUT2D eigenvalue weighted by molar-refractivity contribution is 4.69. The van der Waals surface area contributed by atoms with Gasteiger partial charge in [0.2, 0.25) is 0 Å². The lowest BCUT2D eigenvalue weighted by molar-refractivity contribution is -0.0587. The molecule has 0 aromatic carbocycles. The van der Waals surface area contributed by atoms with Crippen LogP contribution in [0.3, 0.4) is 0 Å². The molecule has 0 saturated carbocycles. The molecule has 106 valence electrons. The Morgan fingerprint density at radius 2 is 1.89 bits per heavy atom. The molecular weight excluding hydrogens is 230 g/mol. The van der Waals surface area contributed by atoms with Gasteiger partial charge in [-0.25, -0.2) is 0 Å². The van der Waals surface area contributed by atoms with Crippen molar-refractivity contribution in [1.29, 1.82) is 0 Å². The second kappa shape index (κ2) is 8.10. The van der Waals surface area contributed by atoms with Crippen molar-refractivity contribution in [2.45, 2.75) is 57.3 Å². The molecule has 3 atom stereocenters. The van der Waals surface area contributed by atoms with E-state index in [4.69, 9.17) is 14.2 Å². The highest BCUT2D eigenvalue weighted by atomic mass is 16.5. The Morgan fingerprint density at radius 1 is 1.11 bits per heavy atom. The summed E-state index contributed by atoms with van der Waals surface area (Å²) in [6.45, 7) is 6.53. The zero-order valence-corrected chi connectivity index (χ0v) is 11.5. The summed E-state index contributed by atoms with van der Waals surface area (Å²) in [6, 6.07) is 0. The summed E-state index contributed by atoms with van der Waals surface area (Å²) < 4.78 is 17.0. The van der Waals surface area contributed by atoms with Crippen molar-refractivity contribution < 1.29 is 14.2 Å². The fourth-order valence-corrected chi connectivity index (χ4v) is 2.52. The molecule has 0 aliphatic carbocycles. The fourth-order valence-electron chi connectivity index (χ4n) is 2.52. The van der Waals surface area contributed by atoms with Gasteiger partial charge in [0, 0.05) is 26.3 Å². The standard InChI is InChI=1S/C14H27NO3/c1-12(9-15-10-13-6-4-8-16-13)18-11-14-5-2-3-7-17-14/h12-15H,2-11H2,1H3. The molecule has 0 radical (unpaired) electrons. The zero-order chi connectivity index (χ0) is 12.6. The van der Waals surface area contributed by atoms with Gasteiger partial charge in [-0.05, 0) is 39.0 Å². The van der Waals surface area contributed by atoms with Crippen LogP contribution in [0.25, 0.3) is 0 Å². The van der Waals surface area contributed by atoms with Gasteiger partial charge in [0.1, 0.15) is 0 Å². The Morgan fingerprint density at radius 3 is 2.61 bits per heavy atom. The molecule has 3 unspecified atom stereocenters. The number of nitrogens with one attached hydrogen (secondary N) is 1. The Bertz CT molecular complexity index is 213. The molecule has 2 fully saturated rings. The van der Waals surface area contributed by atoms with Gasteiger partial charge in [-0.1, -0.05) is 0 Å². The average Bonchev–Trinajstić information content (AvgIpc) is 2.91. The first-order valence-electron chi connectivity index (χ1n) is 7.40. The number of ether oxygens (including phenoxy) is 3. The van der Waals surface area contributed by atoms with Crippen LogP contribution >= 0.6 is 0 Å². The van der Waals surface area contributed by atoms with Gasteiger partial charge < -0.3 is 19.5 Å². The van der Waals surface area contributed by atoms with Crippen LogP contribution in [0, 0.1) is 0 Å². The average molecular weight is 257 g/mol. The van der Waals surface area contributed by atoms with Crippen molar-refractivity contribution in [3.8, 4) is 0 Å². The predicted molar refractivity (Wildman–Crippen MR) is 70.8 cm³/mol. The van der Waals surface area contributed by atoms with Crippen molar-refractivity contribution in [2.24, 2.45) is 0 Å². The summed E-state index contributed by atoms with van der Waals surface area (Å²) in [4.78, 5) is 0. The molecule has 0 bridgehead atoms. The van der Waals surface area contributed by atoms with Crippen molar-refractivity contribution in [2.75, 3.05) is 32.9 Å². The molecule has 0 aromatic heterocycles. The van der Waals surface area contributed by atoms with Gasteiger partial charge in [0.25, 0.3) is 0 Å². The van der Waals surface area contributed by atoms with E-state index in [-0.39, 0.29) is 6.10 Å². The van der Waals surface area contributed by atoms with Crippen LogP contribution in [0.15, 0.2) is 0 Å². The number of hydrogen-bond acceptors (Lipinski definition) is 4. The second-order valence-corrected chi connectivity index (χ2v) is 5.43. The molecule has 2 heterocycles. The third-order valence-corrected chi connectivity index (χ3v) is 3.67. The third-order valence-electron chi connectivity index (χ3n) is 3.67. The molecule has 0 amide bonds. The molecule has 4 heteroatoms. The van der Waals surface area contributed by atoms with E-state index in [0.717, 1.165) is 39.3 Å². The van der Waals surface area contributed by atoms with Gasteiger partial charge in [-0.3, -0.25) is 0 Å². The number of rotatable bonds is 7. The molecule has 0 spiro atoms. The quantitative estimate of drug-likeness (QED) is 0.754. The molecule has 2 aliphatic rings.